The van der Waals surface area contributed by atoms with Gasteiger partial charge in [0, 0.05) is 12.5 Å². The van der Waals surface area contributed by atoms with E-state index in [1.165, 1.54) is 12.5 Å². The average Bonchev–Trinajstić information content (AvgIpc) is 2.66. The van der Waals surface area contributed by atoms with Crippen LogP contribution in [0.5, 0.6) is 0 Å². The van der Waals surface area contributed by atoms with Gasteiger partial charge in [-0.25, -0.2) is 26.8 Å². The van der Waals surface area contributed by atoms with Crippen molar-refractivity contribution in [2.24, 2.45) is 0 Å². The van der Waals surface area contributed by atoms with Gasteiger partial charge in [0.25, 0.3) is 0 Å². The minimum atomic E-state index is -3.53. The van der Waals surface area contributed by atoms with Crippen LogP contribution >= 0.6 is 0 Å². The standard InChI is InChI=1S/C24H32N2O4S2/c1-31(27,28)23-19-13-9-5-3-7-11-17(19)15-21(25-23)22-16-18-12-8-4-6-10-14-20(18)24(26-22)32(2,29)30/h15-16H,3-14H2,1-2H3. The Morgan fingerprint density at radius 2 is 0.906 bits per heavy atom. The quantitative estimate of drug-likeness (QED) is 0.657. The van der Waals surface area contributed by atoms with Crippen LogP contribution in [0.2, 0.25) is 0 Å². The van der Waals surface area contributed by atoms with Gasteiger partial charge in [0.2, 0.25) is 0 Å². The number of aryl methyl sites for hydroxylation is 2. The second kappa shape index (κ2) is 9.21. The maximum Gasteiger partial charge on any atom is 0.193 e. The highest BCUT2D eigenvalue weighted by Crippen LogP contribution is 2.32. The van der Waals surface area contributed by atoms with Crippen molar-refractivity contribution >= 4 is 19.7 Å². The second-order valence-corrected chi connectivity index (χ2v) is 13.1. The van der Waals surface area contributed by atoms with E-state index in [0.717, 1.165) is 86.5 Å². The van der Waals surface area contributed by atoms with E-state index in [1.807, 2.05) is 12.1 Å². The lowest BCUT2D eigenvalue weighted by atomic mass is 9.92. The summed E-state index contributed by atoms with van der Waals surface area (Å²) in [6, 6.07) is 3.89. The van der Waals surface area contributed by atoms with Gasteiger partial charge in [0.05, 0.1) is 11.4 Å². The molecule has 2 aromatic rings. The number of rotatable bonds is 3. The Hall–Kier alpha value is -1.80. The second-order valence-electron chi connectivity index (χ2n) is 9.27. The molecule has 0 N–H and O–H groups in total. The highest BCUT2D eigenvalue weighted by atomic mass is 32.2. The Morgan fingerprint density at radius 1 is 0.562 bits per heavy atom. The molecule has 6 nitrogen and oxygen atoms in total. The first kappa shape index (κ1) is 23.4. The smallest absolute Gasteiger partial charge is 0.193 e. The summed E-state index contributed by atoms with van der Waals surface area (Å²) < 4.78 is 50.6. The molecule has 0 radical (unpaired) electrons. The summed E-state index contributed by atoms with van der Waals surface area (Å²) in [7, 11) is -7.05. The first-order valence-electron chi connectivity index (χ1n) is 11.6. The van der Waals surface area contributed by atoms with Gasteiger partial charge >= 0.3 is 0 Å². The molecule has 0 aromatic carbocycles. The van der Waals surface area contributed by atoms with Crippen molar-refractivity contribution in [2.45, 2.75) is 87.1 Å². The zero-order valence-corrected chi connectivity index (χ0v) is 20.6. The fourth-order valence-corrected chi connectivity index (χ4v) is 6.89. The Labute approximate surface area is 191 Å². The van der Waals surface area contributed by atoms with Gasteiger partial charge in [0.15, 0.2) is 29.7 Å². The highest BCUT2D eigenvalue weighted by Gasteiger charge is 2.25. The van der Waals surface area contributed by atoms with E-state index >= 15 is 0 Å². The molecule has 2 aromatic heterocycles. The Balaban J connectivity index is 1.95. The molecule has 32 heavy (non-hydrogen) atoms. The van der Waals surface area contributed by atoms with Gasteiger partial charge in [-0.1, -0.05) is 25.7 Å². The Bertz CT molecular complexity index is 1140. The number of pyridine rings is 2. The lowest BCUT2D eigenvalue weighted by Gasteiger charge is -2.20. The largest absolute Gasteiger partial charge is 0.234 e. The van der Waals surface area contributed by atoms with Crippen LogP contribution in [0.3, 0.4) is 0 Å². The van der Waals surface area contributed by atoms with E-state index in [9.17, 15) is 16.8 Å². The molecule has 0 atom stereocenters. The van der Waals surface area contributed by atoms with Crippen LogP contribution in [0.15, 0.2) is 22.2 Å². The minimum absolute atomic E-state index is 0.126. The third kappa shape index (κ3) is 5.06. The van der Waals surface area contributed by atoms with Crippen LogP contribution in [-0.4, -0.2) is 39.3 Å². The Morgan fingerprint density at radius 3 is 1.25 bits per heavy atom. The average molecular weight is 477 g/mol. The fourth-order valence-electron chi connectivity index (χ4n) is 5.00. The van der Waals surface area contributed by atoms with Crippen molar-refractivity contribution in [3.05, 3.63) is 34.4 Å². The summed E-state index contributed by atoms with van der Waals surface area (Å²) in [6.07, 6.45) is 13.8. The number of nitrogens with zero attached hydrogens (tertiary/aromatic N) is 2. The summed E-state index contributed by atoms with van der Waals surface area (Å²) in [5.74, 6) is 0. The molecular weight excluding hydrogens is 444 g/mol. The van der Waals surface area contributed by atoms with Crippen molar-refractivity contribution in [3.63, 3.8) is 0 Å². The van der Waals surface area contributed by atoms with Gasteiger partial charge in [-0.3, -0.25) is 0 Å². The summed E-state index contributed by atoms with van der Waals surface area (Å²) in [6.45, 7) is 0. The predicted molar refractivity (Wildman–Crippen MR) is 125 cm³/mol. The zero-order valence-electron chi connectivity index (χ0n) is 19.0. The number of aromatic nitrogens is 2. The van der Waals surface area contributed by atoms with E-state index in [-0.39, 0.29) is 10.1 Å². The molecule has 0 saturated carbocycles. The van der Waals surface area contributed by atoms with E-state index in [4.69, 9.17) is 0 Å². The SMILES string of the molecule is CS(=O)(=O)c1nc(-c2cc3c(c(S(C)(=O)=O)n2)CCCCCC3)cc2c1CCCCCC2. The molecule has 0 aliphatic heterocycles. The van der Waals surface area contributed by atoms with Gasteiger partial charge < -0.3 is 0 Å². The van der Waals surface area contributed by atoms with Crippen molar-refractivity contribution in [2.75, 3.05) is 12.5 Å². The van der Waals surface area contributed by atoms with Crippen LogP contribution in [0.1, 0.15) is 73.6 Å². The van der Waals surface area contributed by atoms with E-state index in [1.54, 1.807) is 0 Å². The molecule has 0 fully saturated rings. The monoisotopic (exact) mass is 476 g/mol. The normalized spacial score (nSPS) is 17.9. The van der Waals surface area contributed by atoms with Crippen LogP contribution in [-0.2, 0) is 45.4 Å². The van der Waals surface area contributed by atoms with Crippen molar-refractivity contribution < 1.29 is 16.8 Å². The molecule has 0 unspecified atom stereocenters. The Kier molecular flexibility index (Phi) is 6.73. The first-order chi connectivity index (χ1) is 15.1. The first-order valence-corrected chi connectivity index (χ1v) is 15.4. The van der Waals surface area contributed by atoms with Gasteiger partial charge in [-0.2, -0.15) is 0 Å². The van der Waals surface area contributed by atoms with E-state index in [0.29, 0.717) is 24.2 Å². The molecule has 0 amide bonds. The molecular formula is C24H32N2O4S2. The third-order valence-electron chi connectivity index (χ3n) is 6.57. The number of hydrogen-bond acceptors (Lipinski definition) is 6. The summed E-state index contributed by atoms with van der Waals surface area (Å²) in [5, 5.41) is 0.252. The molecule has 2 aliphatic rings. The number of sulfone groups is 2. The molecule has 2 heterocycles. The minimum Gasteiger partial charge on any atom is -0.234 e. The summed E-state index contributed by atoms with van der Waals surface area (Å²) >= 11 is 0. The summed E-state index contributed by atoms with van der Waals surface area (Å²) in [5.41, 5.74) is 4.57. The maximum atomic E-state index is 12.7. The van der Waals surface area contributed by atoms with Gasteiger partial charge in [-0.15, -0.1) is 0 Å². The van der Waals surface area contributed by atoms with Crippen LogP contribution in [0.4, 0.5) is 0 Å². The predicted octanol–water partition coefficient (Wildman–Crippen LogP) is 4.27. The molecule has 8 heteroatoms. The van der Waals surface area contributed by atoms with E-state index < -0.39 is 19.7 Å². The fraction of sp³-hybridized carbons (Fsp3) is 0.583. The van der Waals surface area contributed by atoms with Crippen LogP contribution < -0.4 is 0 Å². The highest BCUT2D eigenvalue weighted by molar-refractivity contribution is 7.91. The van der Waals surface area contributed by atoms with Crippen LogP contribution in [0.25, 0.3) is 11.4 Å². The van der Waals surface area contributed by atoms with Crippen molar-refractivity contribution in [3.8, 4) is 11.4 Å². The molecule has 0 saturated heterocycles. The van der Waals surface area contributed by atoms with E-state index in [2.05, 4.69) is 9.97 Å². The van der Waals surface area contributed by atoms with Gasteiger partial charge in [0.1, 0.15) is 0 Å². The van der Waals surface area contributed by atoms with Gasteiger partial charge in [-0.05, 0) is 85.8 Å². The molecule has 174 valence electrons. The topological polar surface area (TPSA) is 94.1 Å². The summed E-state index contributed by atoms with van der Waals surface area (Å²) in [4.78, 5) is 9.14. The number of fused-ring (bicyclic) bond motifs is 2. The molecule has 2 aliphatic carbocycles. The lowest BCUT2D eigenvalue weighted by molar-refractivity contribution is 0.583. The zero-order chi connectivity index (χ0) is 22.9. The molecule has 0 bridgehead atoms. The lowest BCUT2D eigenvalue weighted by Crippen LogP contribution is -2.14. The van der Waals surface area contributed by atoms with Crippen molar-refractivity contribution in [1.29, 1.82) is 0 Å². The molecule has 4 rings (SSSR count). The molecule has 0 spiro atoms. The maximum absolute atomic E-state index is 12.7. The number of hydrogen-bond donors (Lipinski definition) is 0. The third-order valence-corrected chi connectivity index (χ3v) is 8.65. The van der Waals surface area contributed by atoms with Crippen molar-refractivity contribution in [1.82, 2.24) is 9.97 Å². The van der Waals surface area contributed by atoms with Crippen LogP contribution in [0, 0.1) is 0 Å².